The molecule has 0 atom stereocenters. The third kappa shape index (κ3) is 10.6. The molecule has 1 N–H and O–H groups in total. The fourth-order valence-corrected chi connectivity index (χ4v) is 0. The van der Waals surface area contributed by atoms with Crippen LogP contribution in [0.4, 0.5) is 0 Å². The predicted molar refractivity (Wildman–Crippen MR) is 12.8 cm³/mol. The van der Waals surface area contributed by atoms with Crippen molar-refractivity contribution in [2.75, 3.05) is 6.61 Å². The van der Waals surface area contributed by atoms with Crippen LogP contribution in [-0.4, -0.2) is 11.7 Å². The van der Waals surface area contributed by atoms with Gasteiger partial charge in [0.25, 0.3) is 0 Å². The van der Waals surface area contributed by atoms with Crippen LogP contribution in [0.15, 0.2) is 0 Å². The molecule has 2 heteroatoms. The first-order chi connectivity index (χ1) is 1.41. The molecule has 0 saturated heterocycles. The van der Waals surface area contributed by atoms with Crippen molar-refractivity contribution in [3.8, 4) is 0 Å². The Morgan fingerprint density at radius 1 is 1.75 bits per heavy atom. The number of aliphatic hydroxyl groups is 1. The Labute approximate surface area is 56.4 Å². The van der Waals surface area contributed by atoms with E-state index in [2.05, 4.69) is 0 Å². The van der Waals surface area contributed by atoms with Gasteiger partial charge in [-0.15, -0.1) is 0 Å². The Hall–Kier alpha value is 1.23. The van der Waals surface area contributed by atoms with Crippen LogP contribution in [0.2, 0.25) is 0 Å². The third-order valence-electron chi connectivity index (χ3n) is 0. The molecule has 0 rings (SSSR count). The van der Waals surface area contributed by atoms with Gasteiger partial charge in [-0.25, -0.2) is 0 Å². The largest absolute Gasteiger partial charge is 0.397 e. The molecule has 0 aromatic carbocycles. The summed E-state index contributed by atoms with van der Waals surface area (Å²) < 4.78 is 0. The Bertz CT molecular complexity index is 6.00. The van der Waals surface area contributed by atoms with Crippen molar-refractivity contribution in [2.45, 2.75) is 6.92 Å². The van der Waals surface area contributed by atoms with Crippen LogP contribution in [-0.2, 0) is 0 Å². The van der Waals surface area contributed by atoms with Gasteiger partial charge < -0.3 is 5.11 Å². The van der Waals surface area contributed by atoms with Gasteiger partial charge in [0.05, 0.1) is 0 Å². The van der Waals surface area contributed by atoms with Gasteiger partial charge in [0.1, 0.15) is 0 Å². The molecule has 0 spiro atoms. The molecule has 0 aliphatic carbocycles. The van der Waals surface area contributed by atoms with Crippen LogP contribution in [0.25, 0.3) is 0 Å². The Kier molecular flexibility index (Phi) is 19.9. The zero-order valence-electron chi connectivity index (χ0n) is 2.47. The summed E-state index contributed by atoms with van der Waals surface area (Å²) in [5, 5.41) is 7.57. The van der Waals surface area contributed by atoms with E-state index in [0.717, 1.165) is 0 Å². The first kappa shape index (κ1) is 8.97. The van der Waals surface area contributed by atoms with E-state index in [-0.39, 0.29) is 44.8 Å². The normalized spacial score (nSPS) is 4.50. The summed E-state index contributed by atoms with van der Waals surface area (Å²) in [6, 6.07) is 0. The van der Waals surface area contributed by atoms with Gasteiger partial charge in [0.15, 0.2) is 0 Å². The monoisotopic (exact) mass is 210 g/mol. The van der Waals surface area contributed by atoms with Crippen molar-refractivity contribution in [3.63, 3.8) is 0 Å². The second-order valence-electron chi connectivity index (χ2n) is 0.316. The minimum Gasteiger partial charge on any atom is -0.397 e. The van der Waals surface area contributed by atoms with E-state index in [1.54, 1.807) is 6.92 Å². The molecule has 0 bridgehead atoms. The van der Waals surface area contributed by atoms with E-state index >= 15 is 0 Å². The minimum atomic E-state index is 0. The maximum atomic E-state index is 7.57. The average molecular weight is 209 g/mol. The maximum Gasteiger partial charge on any atom is 0.0402 e. The summed E-state index contributed by atoms with van der Waals surface area (Å²) in [6.07, 6.45) is 0. The van der Waals surface area contributed by atoms with Crippen LogP contribution in [0, 0.1) is 38.2 Å². The molecule has 4 heavy (non-hydrogen) atoms. The Morgan fingerprint density at radius 3 is 1.75 bits per heavy atom. The molecule has 0 heterocycles. The van der Waals surface area contributed by atoms with Crippen molar-refractivity contribution < 1.29 is 43.3 Å². The molecule has 1 nitrogen and oxygen atoms in total. The topological polar surface area (TPSA) is 20.2 Å². The molecule has 30 valence electrons. The molecule has 0 aromatic rings. The molecule has 0 amide bonds. The summed E-state index contributed by atoms with van der Waals surface area (Å²) >= 11 is 0. The fourth-order valence-electron chi connectivity index (χ4n) is 0. The van der Waals surface area contributed by atoms with E-state index in [1.165, 1.54) is 0 Å². The summed E-state index contributed by atoms with van der Waals surface area (Å²) in [5.41, 5.74) is 0. The first-order valence-corrected chi connectivity index (χ1v) is 1.02. The van der Waals surface area contributed by atoms with Gasteiger partial charge in [-0.05, 0) is 6.92 Å². The van der Waals surface area contributed by atoms with Crippen LogP contribution < -0.4 is 0 Å². The summed E-state index contributed by atoms with van der Waals surface area (Å²) in [4.78, 5) is 0. The van der Waals surface area contributed by atoms with Crippen LogP contribution >= 0.6 is 0 Å². The van der Waals surface area contributed by atoms with Crippen LogP contribution in [0.1, 0.15) is 6.92 Å². The number of aliphatic hydroxyl groups excluding tert-OH is 1. The van der Waals surface area contributed by atoms with Gasteiger partial charge in [0, 0.05) is 44.8 Å². The quantitative estimate of drug-likeness (QED) is 0.594. The Morgan fingerprint density at radius 2 is 1.75 bits per heavy atom. The van der Waals surface area contributed by atoms with Crippen molar-refractivity contribution in [1.82, 2.24) is 0 Å². The molecule has 0 aromatic heterocycles. The first-order valence-electron chi connectivity index (χ1n) is 1.02. The van der Waals surface area contributed by atoms with E-state index in [0.29, 0.717) is 0 Å². The fraction of sp³-hybridized carbons (Fsp3) is 1.00. The van der Waals surface area contributed by atoms with Gasteiger partial charge in [-0.1, -0.05) is 0 Å². The molecule has 0 unspecified atom stereocenters. The third-order valence-corrected chi connectivity index (χ3v) is 0. The van der Waals surface area contributed by atoms with Gasteiger partial charge >= 0.3 is 0 Å². The number of hydrogen-bond acceptors (Lipinski definition) is 1. The van der Waals surface area contributed by atoms with Crippen molar-refractivity contribution >= 4 is 0 Å². The summed E-state index contributed by atoms with van der Waals surface area (Å²) in [6.45, 7) is 1.93. The molecular formula is C2H6DyO. The standard InChI is InChI=1S/C2H6O.Dy/c1-2-3;/h3H,2H2,1H3;. The molecule has 0 aliphatic rings. The summed E-state index contributed by atoms with van der Waals surface area (Å²) in [7, 11) is 0. The molecule has 0 aliphatic heterocycles. The van der Waals surface area contributed by atoms with Gasteiger partial charge in [-0.3, -0.25) is 0 Å². The number of hydrogen-bond donors (Lipinski definition) is 1. The van der Waals surface area contributed by atoms with E-state index in [4.69, 9.17) is 5.11 Å². The minimum absolute atomic E-state index is 0. The van der Waals surface area contributed by atoms with Crippen molar-refractivity contribution in [3.05, 3.63) is 0 Å². The maximum absolute atomic E-state index is 7.57. The zero-order valence-corrected chi connectivity index (χ0v) is 4.50. The molecular weight excluding hydrogens is 203 g/mol. The zero-order chi connectivity index (χ0) is 2.71. The van der Waals surface area contributed by atoms with E-state index < -0.39 is 0 Å². The predicted octanol–water partition coefficient (Wildman–Crippen LogP) is -0.00140. The summed E-state index contributed by atoms with van der Waals surface area (Å²) in [5.74, 6) is 0. The average Bonchev–Trinajstić information content (AvgIpc) is 0.918. The second kappa shape index (κ2) is 8.87. The van der Waals surface area contributed by atoms with E-state index in [9.17, 15) is 0 Å². The SMILES string of the molecule is CCO.[Dy]. The van der Waals surface area contributed by atoms with Gasteiger partial charge in [0.2, 0.25) is 0 Å². The van der Waals surface area contributed by atoms with Crippen molar-refractivity contribution in [2.24, 2.45) is 0 Å². The smallest absolute Gasteiger partial charge is 0.0402 e. The van der Waals surface area contributed by atoms with Crippen molar-refractivity contribution in [1.29, 1.82) is 0 Å². The second-order valence-corrected chi connectivity index (χ2v) is 0.316. The van der Waals surface area contributed by atoms with Crippen LogP contribution in [0.3, 0.4) is 0 Å². The van der Waals surface area contributed by atoms with Gasteiger partial charge in [-0.2, -0.15) is 0 Å². The number of rotatable bonds is 0. The van der Waals surface area contributed by atoms with Crippen LogP contribution in [0.5, 0.6) is 0 Å². The van der Waals surface area contributed by atoms with E-state index in [1.807, 2.05) is 0 Å². The molecule has 0 radical (unpaired) electrons. The molecule has 0 saturated carbocycles. The Balaban J connectivity index is 0. The molecule has 0 fully saturated rings.